The lowest BCUT2D eigenvalue weighted by Crippen LogP contribution is -2.15. The van der Waals surface area contributed by atoms with E-state index in [4.69, 9.17) is 0 Å². The summed E-state index contributed by atoms with van der Waals surface area (Å²) < 4.78 is 0. The molecule has 0 aromatic carbocycles. The minimum Gasteiger partial charge on any atom is -0.325 e. The molecule has 1 fully saturated rings. The fourth-order valence-electron chi connectivity index (χ4n) is 2.57. The first kappa shape index (κ1) is 13.8. The maximum Gasteiger partial charge on any atom is 0.252 e. The molecular weight excluding hydrogens is 288 g/mol. The van der Waals surface area contributed by atoms with Gasteiger partial charge in [-0.15, -0.1) is 11.3 Å². The molecule has 0 saturated carbocycles. The Kier molecular flexibility index (Phi) is 3.47. The van der Waals surface area contributed by atoms with E-state index in [0.29, 0.717) is 5.57 Å². The van der Waals surface area contributed by atoms with Crippen LogP contribution in [-0.2, 0) is 11.2 Å². The number of rotatable bonds is 3. The van der Waals surface area contributed by atoms with Crippen molar-refractivity contribution in [1.82, 2.24) is 5.32 Å². The van der Waals surface area contributed by atoms with Crippen LogP contribution in [0.5, 0.6) is 0 Å². The van der Waals surface area contributed by atoms with Crippen molar-refractivity contribution in [2.75, 3.05) is 0 Å². The average Bonchev–Trinajstić information content (AvgIpc) is 3.04. The number of fused-ring (bicyclic) bond motifs is 1. The molecule has 1 saturated heterocycles. The Morgan fingerprint density at radius 3 is 2.95 bits per heavy atom. The van der Waals surface area contributed by atoms with E-state index in [2.05, 4.69) is 12.2 Å². The molecule has 5 nitrogen and oxygen atoms in total. The van der Waals surface area contributed by atoms with Crippen LogP contribution in [0.25, 0.3) is 6.08 Å². The van der Waals surface area contributed by atoms with Gasteiger partial charge in [-0.25, -0.2) is 0 Å². The second kappa shape index (κ2) is 5.29. The summed E-state index contributed by atoms with van der Waals surface area (Å²) in [5.41, 5.74) is 1.51. The molecule has 108 valence electrons. The Balaban J connectivity index is 1.92. The molecule has 0 radical (unpaired) electrons. The quantitative estimate of drug-likeness (QED) is 0.530. The first-order chi connectivity index (χ1) is 10.1. The molecule has 6 heteroatoms. The minimum atomic E-state index is -0.381. The second-order valence-electron chi connectivity index (χ2n) is 5.01. The zero-order valence-corrected chi connectivity index (χ0v) is 12.3. The van der Waals surface area contributed by atoms with E-state index >= 15 is 0 Å². The number of allylic oxidation sites excluding steroid dienone is 4. The monoisotopic (exact) mass is 302 g/mol. The van der Waals surface area contributed by atoms with Gasteiger partial charge in [-0.2, -0.15) is 0 Å². The molecule has 1 amide bonds. The topological polar surface area (TPSA) is 72.2 Å². The van der Waals surface area contributed by atoms with E-state index in [1.807, 2.05) is 18.2 Å². The number of aryl methyl sites for hydroxylation is 1. The molecule has 0 spiro atoms. The summed E-state index contributed by atoms with van der Waals surface area (Å²) in [5.74, 6) is -0.384. The molecule has 0 bridgehead atoms. The molecule has 1 atom stereocenters. The molecule has 3 rings (SSSR count). The lowest BCUT2D eigenvalue weighted by molar-refractivity contribution is -0.428. The number of carbonyl (C=O) groups is 1. The van der Waals surface area contributed by atoms with Crippen molar-refractivity contribution in [2.45, 2.75) is 19.8 Å². The normalized spacial score (nSPS) is 22.6. The number of amides is 1. The Morgan fingerprint density at radius 2 is 2.29 bits per heavy atom. The summed E-state index contributed by atoms with van der Waals surface area (Å²) in [6.45, 7) is 2.08. The number of carbonyl (C=O) groups excluding carboxylic acids is 1. The second-order valence-corrected chi connectivity index (χ2v) is 6.21. The van der Waals surface area contributed by atoms with Crippen LogP contribution in [0, 0.1) is 16.0 Å². The van der Waals surface area contributed by atoms with Gasteiger partial charge < -0.3 is 5.32 Å². The third kappa shape index (κ3) is 2.54. The Morgan fingerprint density at radius 1 is 1.48 bits per heavy atom. The predicted molar refractivity (Wildman–Crippen MR) is 81.1 cm³/mol. The van der Waals surface area contributed by atoms with Crippen molar-refractivity contribution in [3.8, 4) is 0 Å². The fourth-order valence-corrected chi connectivity index (χ4v) is 3.48. The van der Waals surface area contributed by atoms with E-state index in [1.54, 1.807) is 17.4 Å². The van der Waals surface area contributed by atoms with Crippen LogP contribution >= 0.6 is 11.3 Å². The van der Waals surface area contributed by atoms with Gasteiger partial charge in [-0.05, 0) is 30.7 Å². The van der Waals surface area contributed by atoms with E-state index in [9.17, 15) is 14.9 Å². The molecule has 1 N–H and O–H groups in total. The largest absolute Gasteiger partial charge is 0.325 e. The fraction of sp³-hybridized carbons (Fsp3) is 0.267. The van der Waals surface area contributed by atoms with Crippen molar-refractivity contribution in [3.63, 3.8) is 0 Å². The lowest BCUT2D eigenvalue weighted by Gasteiger charge is -2.13. The van der Waals surface area contributed by atoms with Crippen LogP contribution in [0.1, 0.15) is 23.1 Å². The van der Waals surface area contributed by atoms with Crippen molar-refractivity contribution < 1.29 is 9.72 Å². The summed E-state index contributed by atoms with van der Waals surface area (Å²) in [5, 5.41) is 13.7. The number of hydrogen-bond acceptors (Lipinski definition) is 4. The van der Waals surface area contributed by atoms with Crippen molar-refractivity contribution in [2.24, 2.45) is 5.92 Å². The standard InChI is InChI=1S/C15H14N2O3S/c1-2-10-4-5-11(21-10)8-13-12-7-9(17(19)20)3-6-14(12)16-15(13)18/h3-6,8,12H,2,7H2,1H3,(H,16,18). The first-order valence-electron chi connectivity index (χ1n) is 6.75. The van der Waals surface area contributed by atoms with Gasteiger partial charge in [0, 0.05) is 33.0 Å². The summed E-state index contributed by atoms with van der Waals surface area (Å²) in [4.78, 5) is 24.9. The molecule has 2 heterocycles. The highest BCUT2D eigenvalue weighted by atomic mass is 32.1. The molecule has 2 aliphatic rings. The van der Waals surface area contributed by atoms with Gasteiger partial charge in [-0.3, -0.25) is 14.9 Å². The van der Waals surface area contributed by atoms with Gasteiger partial charge in [0.15, 0.2) is 0 Å². The first-order valence-corrected chi connectivity index (χ1v) is 7.57. The minimum absolute atomic E-state index is 0.145. The third-order valence-electron chi connectivity index (χ3n) is 3.70. The molecule has 1 aromatic rings. The number of nitro groups is 1. The van der Waals surface area contributed by atoms with E-state index in [1.165, 1.54) is 11.0 Å². The van der Waals surface area contributed by atoms with Crippen LogP contribution in [0.2, 0.25) is 0 Å². The van der Waals surface area contributed by atoms with Gasteiger partial charge in [0.2, 0.25) is 5.70 Å². The zero-order chi connectivity index (χ0) is 15.0. The Hall–Kier alpha value is -2.21. The van der Waals surface area contributed by atoms with Gasteiger partial charge in [-0.1, -0.05) is 6.92 Å². The number of nitrogens with zero attached hydrogens (tertiary/aromatic N) is 1. The number of thiophene rings is 1. The smallest absolute Gasteiger partial charge is 0.252 e. The molecule has 21 heavy (non-hydrogen) atoms. The molecular formula is C15H14N2O3S. The SMILES string of the molecule is CCc1ccc(C=C2C(=O)NC3=CC=C([N+](=O)[O-])CC32)s1. The number of hydrogen-bond donors (Lipinski definition) is 1. The van der Waals surface area contributed by atoms with Crippen LogP contribution in [0.15, 0.2) is 41.3 Å². The highest BCUT2D eigenvalue weighted by molar-refractivity contribution is 7.12. The van der Waals surface area contributed by atoms with Crippen LogP contribution < -0.4 is 5.32 Å². The van der Waals surface area contributed by atoms with Crippen LogP contribution in [0.3, 0.4) is 0 Å². The molecule has 1 aromatic heterocycles. The maximum atomic E-state index is 12.1. The number of nitrogens with one attached hydrogen (secondary N) is 1. The highest BCUT2D eigenvalue weighted by Crippen LogP contribution is 2.36. The summed E-state index contributed by atoms with van der Waals surface area (Å²) >= 11 is 1.64. The lowest BCUT2D eigenvalue weighted by atomic mass is 9.90. The summed E-state index contributed by atoms with van der Waals surface area (Å²) in [6, 6.07) is 4.03. The van der Waals surface area contributed by atoms with Crippen molar-refractivity contribution >= 4 is 23.3 Å². The van der Waals surface area contributed by atoms with Crippen LogP contribution in [-0.4, -0.2) is 10.8 Å². The van der Waals surface area contributed by atoms with Gasteiger partial charge in [0.05, 0.1) is 11.3 Å². The molecule has 1 unspecified atom stereocenters. The van der Waals surface area contributed by atoms with Crippen molar-refractivity contribution in [3.05, 3.63) is 61.1 Å². The molecule has 1 aliphatic heterocycles. The van der Waals surface area contributed by atoms with E-state index in [-0.39, 0.29) is 28.9 Å². The summed E-state index contributed by atoms with van der Waals surface area (Å²) in [6.07, 6.45) is 6.18. The third-order valence-corrected chi connectivity index (χ3v) is 4.88. The Labute approximate surface area is 125 Å². The highest BCUT2D eigenvalue weighted by Gasteiger charge is 2.37. The predicted octanol–water partition coefficient (Wildman–Crippen LogP) is 2.89. The van der Waals surface area contributed by atoms with Crippen molar-refractivity contribution in [1.29, 1.82) is 0 Å². The Bertz CT molecular complexity index is 712. The zero-order valence-electron chi connectivity index (χ0n) is 11.5. The van der Waals surface area contributed by atoms with Gasteiger partial charge >= 0.3 is 0 Å². The maximum absolute atomic E-state index is 12.1. The van der Waals surface area contributed by atoms with Crippen LogP contribution in [0.4, 0.5) is 0 Å². The van der Waals surface area contributed by atoms with E-state index in [0.717, 1.165) is 17.0 Å². The molecule has 1 aliphatic carbocycles. The average molecular weight is 302 g/mol. The van der Waals surface area contributed by atoms with Gasteiger partial charge in [0.25, 0.3) is 5.91 Å². The van der Waals surface area contributed by atoms with E-state index < -0.39 is 0 Å². The van der Waals surface area contributed by atoms with Gasteiger partial charge in [0.1, 0.15) is 0 Å². The summed E-state index contributed by atoms with van der Waals surface area (Å²) in [7, 11) is 0.